The van der Waals surface area contributed by atoms with Gasteiger partial charge in [0.1, 0.15) is 11.0 Å². The van der Waals surface area contributed by atoms with Gasteiger partial charge in [-0.1, -0.05) is 30.3 Å². The van der Waals surface area contributed by atoms with E-state index in [-0.39, 0.29) is 10.5 Å². The highest BCUT2D eigenvalue weighted by molar-refractivity contribution is 7.86. The Balaban J connectivity index is 2.39. The van der Waals surface area contributed by atoms with Crippen LogP contribution in [0, 0.1) is 11.3 Å². The first-order valence-electron chi connectivity index (χ1n) is 5.64. The van der Waals surface area contributed by atoms with Crippen molar-refractivity contribution in [3.8, 4) is 17.2 Å². The number of fused-ring (bicyclic) bond motifs is 3. The highest BCUT2D eigenvalue weighted by atomic mass is 32.2. The van der Waals surface area contributed by atoms with E-state index in [1.54, 1.807) is 6.07 Å². The van der Waals surface area contributed by atoms with Crippen LogP contribution in [0.2, 0.25) is 0 Å². The van der Waals surface area contributed by atoms with Gasteiger partial charge in [0.25, 0.3) is 10.1 Å². The van der Waals surface area contributed by atoms with Crippen molar-refractivity contribution in [1.29, 1.82) is 5.26 Å². The van der Waals surface area contributed by atoms with Crippen molar-refractivity contribution in [2.45, 2.75) is 11.3 Å². The van der Waals surface area contributed by atoms with Crippen LogP contribution in [-0.4, -0.2) is 13.0 Å². The Labute approximate surface area is 110 Å². The minimum Gasteiger partial charge on any atom is -0.282 e. The number of rotatable bonds is 1. The molecule has 3 rings (SSSR count). The summed E-state index contributed by atoms with van der Waals surface area (Å²) in [6, 6.07) is 12.6. The monoisotopic (exact) mass is 271 g/mol. The van der Waals surface area contributed by atoms with Crippen LogP contribution in [0.25, 0.3) is 11.1 Å². The third-order valence-corrected chi connectivity index (χ3v) is 4.30. The van der Waals surface area contributed by atoms with Gasteiger partial charge >= 0.3 is 0 Å². The Kier molecular flexibility index (Phi) is 2.45. The second kappa shape index (κ2) is 3.92. The van der Waals surface area contributed by atoms with Crippen LogP contribution >= 0.6 is 0 Å². The SMILES string of the molecule is N#Cc1ccc2c(c1S(=O)(=O)O)Cc1ccccc1-2. The third kappa shape index (κ3) is 1.73. The predicted molar refractivity (Wildman–Crippen MR) is 69.2 cm³/mol. The summed E-state index contributed by atoms with van der Waals surface area (Å²) in [7, 11) is -4.41. The number of nitrogens with zero attached hydrogens (tertiary/aromatic N) is 1. The zero-order valence-corrected chi connectivity index (χ0v) is 10.6. The predicted octanol–water partition coefficient (Wildman–Crippen LogP) is 2.38. The lowest BCUT2D eigenvalue weighted by Crippen LogP contribution is -2.05. The maximum atomic E-state index is 11.5. The van der Waals surface area contributed by atoms with Crippen molar-refractivity contribution in [1.82, 2.24) is 0 Å². The fourth-order valence-electron chi connectivity index (χ4n) is 2.57. The first kappa shape index (κ1) is 11.9. The molecule has 0 spiro atoms. The maximum Gasteiger partial charge on any atom is 0.296 e. The zero-order chi connectivity index (χ0) is 13.6. The van der Waals surface area contributed by atoms with Crippen molar-refractivity contribution in [2.75, 3.05) is 0 Å². The highest BCUT2D eigenvalue weighted by Gasteiger charge is 2.28. The normalized spacial score (nSPS) is 12.6. The molecule has 0 unspecified atom stereocenters. The summed E-state index contributed by atoms with van der Waals surface area (Å²) >= 11 is 0. The van der Waals surface area contributed by atoms with Crippen LogP contribution in [-0.2, 0) is 16.5 Å². The van der Waals surface area contributed by atoms with Crippen LogP contribution in [0.5, 0.6) is 0 Å². The average molecular weight is 271 g/mol. The maximum absolute atomic E-state index is 11.5. The molecule has 1 N–H and O–H groups in total. The number of hydrogen-bond acceptors (Lipinski definition) is 3. The number of benzene rings is 2. The molecule has 0 heterocycles. The smallest absolute Gasteiger partial charge is 0.282 e. The van der Waals surface area contributed by atoms with Gasteiger partial charge in [-0.05, 0) is 28.3 Å². The van der Waals surface area contributed by atoms with Gasteiger partial charge in [0, 0.05) is 6.42 Å². The summed E-state index contributed by atoms with van der Waals surface area (Å²) in [5.41, 5.74) is 3.20. The molecule has 0 radical (unpaired) electrons. The average Bonchev–Trinajstić information content (AvgIpc) is 2.74. The van der Waals surface area contributed by atoms with E-state index in [1.165, 1.54) is 6.07 Å². The van der Waals surface area contributed by atoms with Crippen molar-refractivity contribution in [2.24, 2.45) is 0 Å². The molecular weight excluding hydrogens is 262 g/mol. The van der Waals surface area contributed by atoms with Crippen LogP contribution in [0.15, 0.2) is 41.3 Å². The second-order valence-electron chi connectivity index (χ2n) is 4.39. The van der Waals surface area contributed by atoms with Gasteiger partial charge in [0.05, 0.1) is 5.56 Å². The van der Waals surface area contributed by atoms with E-state index in [0.717, 1.165) is 16.7 Å². The third-order valence-electron chi connectivity index (χ3n) is 3.31. The van der Waals surface area contributed by atoms with Gasteiger partial charge in [-0.25, -0.2) is 0 Å². The molecule has 2 aromatic carbocycles. The van der Waals surface area contributed by atoms with E-state index >= 15 is 0 Å². The van der Waals surface area contributed by atoms with Gasteiger partial charge in [-0.3, -0.25) is 4.55 Å². The minimum atomic E-state index is -4.41. The van der Waals surface area contributed by atoms with Crippen molar-refractivity contribution in [3.63, 3.8) is 0 Å². The Morgan fingerprint density at radius 2 is 1.84 bits per heavy atom. The summed E-state index contributed by atoms with van der Waals surface area (Å²) in [6.45, 7) is 0. The second-order valence-corrected chi connectivity index (χ2v) is 5.75. The number of nitriles is 1. The van der Waals surface area contributed by atoms with Crippen LogP contribution in [0.4, 0.5) is 0 Å². The van der Waals surface area contributed by atoms with E-state index in [4.69, 9.17) is 5.26 Å². The largest absolute Gasteiger partial charge is 0.296 e. The van der Waals surface area contributed by atoms with Gasteiger partial charge < -0.3 is 0 Å². The minimum absolute atomic E-state index is 0.0194. The fourth-order valence-corrected chi connectivity index (χ4v) is 3.45. The van der Waals surface area contributed by atoms with E-state index in [9.17, 15) is 13.0 Å². The zero-order valence-electron chi connectivity index (χ0n) is 9.79. The molecule has 5 heteroatoms. The number of hydrogen-bond donors (Lipinski definition) is 1. The van der Waals surface area contributed by atoms with E-state index in [0.29, 0.717) is 12.0 Å². The van der Waals surface area contributed by atoms with Gasteiger partial charge in [0.2, 0.25) is 0 Å². The highest BCUT2D eigenvalue weighted by Crippen LogP contribution is 2.40. The van der Waals surface area contributed by atoms with Crippen LogP contribution in [0.1, 0.15) is 16.7 Å². The molecular formula is C14H9NO3S. The lowest BCUT2D eigenvalue weighted by atomic mass is 10.0. The molecule has 1 aliphatic rings. The molecule has 19 heavy (non-hydrogen) atoms. The summed E-state index contributed by atoms with van der Waals surface area (Å²) < 4.78 is 32.4. The molecule has 0 aliphatic heterocycles. The first-order chi connectivity index (χ1) is 9.02. The molecule has 0 saturated carbocycles. The van der Waals surface area contributed by atoms with E-state index in [2.05, 4.69) is 0 Å². The summed E-state index contributed by atoms with van der Waals surface area (Å²) in [5, 5.41) is 9.00. The molecule has 0 saturated heterocycles. The summed E-state index contributed by atoms with van der Waals surface area (Å²) in [6.07, 6.45) is 0.413. The standard InChI is InChI=1S/C14H9NO3S/c15-8-10-5-6-12-11-4-2-1-3-9(11)7-13(12)14(10)19(16,17)18/h1-6H,7H2,(H,16,17,18). The molecule has 0 bridgehead atoms. The lowest BCUT2D eigenvalue weighted by molar-refractivity contribution is 0.482. The quantitative estimate of drug-likeness (QED) is 0.689. The summed E-state index contributed by atoms with van der Waals surface area (Å²) in [4.78, 5) is -0.260. The molecule has 94 valence electrons. The molecule has 4 nitrogen and oxygen atoms in total. The molecule has 0 aromatic heterocycles. The summed E-state index contributed by atoms with van der Waals surface area (Å²) in [5.74, 6) is 0. The Morgan fingerprint density at radius 1 is 1.11 bits per heavy atom. The molecule has 1 aliphatic carbocycles. The fraction of sp³-hybridized carbons (Fsp3) is 0.0714. The van der Waals surface area contributed by atoms with Crippen molar-refractivity contribution in [3.05, 3.63) is 53.1 Å². The van der Waals surface area contributed by atoms with E-state index < -0.39 is 10.1 Å². The van der Waals surface area contributed by atoms with Gasteiger partial charge in [-0.2, -0.15) is 13.7 Å². The first-order valence-corrected chi connectivity index (χ1v) is 7.08. The van der Waals surface area contributed by atoms with Gasteiger partial charge in [0.15, 0.2) is 0 Å². The Bertz CT molecular complexity index is 832. The van der Waals surface area contributed by atoms with E-state index in [1.807, 2.05) is 30.3 Å². The van der Waals surface area contributed by atoms with Gasteiger partial charge in [-0.15, -0.1) is 0 Å². The Hall–Kier alpha value is -2.16. The molecule has 0 fully saturated rings. The van der Waals surface area contributed by atoms with Crippen LogP contribution in [0.3, 0.4) is 0 Å². The molecule has 0 atom stereocenters. The van der Waals surface area contributed by atoms with Crippen molar-refractivity contribution >= 4 is 10.1 Å². The molecule has 2 aromatic rings. The van der Waals surface area contributed by atoms with Crippen molar-refractivity contribution < 1.29 is 13.0 Å². The lowest BCUT2D eigenvalue weighted by Gasteiger charge is -2.07. The van der Waals surface area contributed by atoms with Crippen LogP contribution < -0.4 is 0 Å². The Morgan fingerprint density at radius 3 is 2.53 bits per heavy atom. The molecule has 0 amide bonds. The topological polar surface area (TPSA) is 78.2 Å².